The fraction of sp³-hybridized carbons (Fsp3) is 0.423. The number of ether oxygens (including phenoxy) is 3. The minimum absolute atomic E-state index is 0.0802. The van der Waals surface area contributed by atoms with Crippen LogP contribution < -0.4 is 10.1 Å². The van der Waals surface area contributed by atoms with Crippen molar-refractivity contribution in [2.45, 2.75) is 51.7 Å². The molecular formula is C26H30F2N4O4. The predicted molar refractivity (Wildman–Crippen MR) is 133 cm³/mol. The second kappa shape index (κ2) is 13.6. The summed E-state index contributed by atoms with van der Waals surface area (Å²) in [6, 6.07) is 6.41. The third-order valence-corrected chi connectivity index (χ3v) is 5.56. The maximum absolute atomic E-state index is 14.7. The van der Waals surface area contributed by atoms with Crippen molar-refractivity contribution in [2.75, 3.05) is 25.6 Å². The number of isocyanates is 1. The number of benzene rings is 2. The highest BCUT2D eigenvalue weighted by molar-refractivity contribution is 5.93. The fourth-order valence-corrected chi connectivity index (χ4v) is 3.67. The minimum atomic E-state index is -0.683. The summed E-state index contributed by atoms with van der Waals surface area (Å²) in [6.45, 7) is 5.12. The lowest BCUT2D eigenvalue weighted by Gasteiger charge is -2.20. The lowest BCUT2D eigenvalue weighted by atomic mass is 10.2. The van der Waals surface area contributed by atoms with Crippen LogP contribution in [0.3, 0.4) is 0 Å². The lowest BCUT2D eigenvalue weighted by molar-refractivity contribution is 0.0328. The first-order valence-electron chi connectivity index (χ1n) is 11.9. The highest BCUT2D eigenvalue weighted by atomic mass is 19.1. The van der Waals surface area contributed by atoms with E-state index in [0.29, 0.717) is 18.9 Å². The third kappa shape index (κ3) is 7.04. The first-order valence-corrected chi connectivity index (χ1v) is 11.9. The monoisotopic (exact) mass is 500 g/mol. The average Bonchev–Trinajstić information content (AvgIpc) is 3.32. The molecule has 1 saturated heterocycles. The van der Waals surface area contributed by atoms with Crippen molar-refractivity contribution in [1.82, 2.24) is 9.97 Å². The molecule has 10 heteroatoms. The van der Waals surface area contributed by atoms with Crippen LogP contribution in [-0.4, -0.2) is 48.6 Å². The second-order valence-electron chi connectivity index (χ2n) is 8.19. The van der Waals surface area contributed by atoms with Crippen LogP contribution in [0.15, 0.2) is 41.7 Å². The number of nitrogens with zero attached hydrogens (tertiary/aromatic N) is 3. The Bertz CT molecular complexity index is 1200. The first-order chi connectivity index (χ1) is 17.5. The molecule has 0 amide bonds. The number of aliphatic imine (C=N–C) groups is 1. The van der Waals surface area contributed by atoms with E-state index in [1.165, 1.54) is 62.4 Å². The van der Waals surface area contributed by atoms with Gasteiger partial charge in [0, 0.05) is 19.2 Å². The zero-order chi connectivity index (χ0) is 25.9. The molecule has 192 valence electrons. The number of carbonyl (C=O) groups excluding carboxylic acids is 1. The molecule has 2 atom stereocenters. The quantitative estimate of drug-likeness (QED) is 0.219. The SMILES string of the molecule is CCCCCC.COC1COCC1Oc1cc(F)ccc1Nc1ncnc2cc(N=C=O)cc(F)c12. The number of methoxy groups -OCH3 is 1. The summed E-state index contributed by atoms with van der Waals surface area (Å²) in [5, 5.41) is 3.05. The van der Waals surface area contributed by atoms with Gasteiger partial charge < -0.3 is 19.5 Å². The Hall–Kier alpha value is -3.46. The summed E-state index contributed by atoms with van der Waals surface area (Å²) in [6.07, 6.45) is 7.40. The van der Waals surface area contributed by atoms with Crippen molar-refractivity contribution >= 4 is 34.2 Å². The summed E-state index contributed by atoms with van der Waals surface area (Å²) >= 11 is 0. The van der Waals surface area contributed by atoms with Crippen LogP contribution in [0, 0.1) is 11.6 Å². The van der Waals surface area contributed by atoms with Gasteiger partial charge in [-0.3, -0.25) is 0 Å². The first kappa shape index (κ1) is 27.1. The van der Waals surface area contributed by atoms with E-state index in [2.05, 4.69) is 34.1 Å². The van der Waals surface area contributed by atoms with Crippen LogP contribution in [0.1, 0.15) is 39.5 Å². The minimum Gasteiger partial charge on any atom is -0.483 e. The van der Waals surface area contributed by atoms with Gasteiger partial charge in [-0.1, -0.05) is 39.5 Å². The topological polar surface area (TPSA) is 94.9 Å². The van der Waals surface area contributed by atoms with E-state index in [1.54, 1.807) is 7.11 Å². The van der Waals surface area contributed by atoms with Crippen LogP contribution in [0.25, 0.3) is 10.9 Å². The van der Waals surface area contributed by atoms with Gasteiger partial charge in [0.1, 0.15) is 35.6 Å². The van der Waals surface area contributed by atoms with E-state index in [1.807, 2.05) is 0 Å². The van der Waals surface area contributed by atoms with Crippen LogP contribution >= 0.6 is 0 Å². The summed E-state index contributed by atoms with van der Waals surface area (Å²) < 4.78 is 45.1. The van der Waals surface area contributed by atoms with Crippen molar-refractivity contribution in [3.05, 3.63) is 48.3 Å². The fourth-order valence-electron chi connectivity index (χ4n) is 3.67. The van der Waals surface area contributed by atoms with E-state index < -0.39 is 17.7 Å². The van der Waals surface area contributed by atoms with Crippen LogP contribution in [0.4, 0.5) is 26.0 Å². The van der Waals surface area contributed by atoms with Gasteiger partial charge in [0.2, 0.25) is 6.08 Å². The number of hydrogen-bond donors (Lipinski definition) is 1. The lowest BCUT2D eigenvalue weighted by Crippen LogP contribution is -2.31. The molecule has 1 fully saturated rings. The van der Waals surface area contributed by atoms with Gasteiger partial charge in [-0.2, -0.15) is 4.99 Å². The Morgan fingerprint density at radius 2 is 1.86 bits per heavy atom. The number of unbranched alkanes of at least 4 members (excludes halogenated alkanes) is 3. The number of aromatic nitrogens is 2. The molecule has 2 aromatic carbocycles. The molecule has 1 aliphatic rings. The smallest absolute Gasteiger partial charge is 0.240 e. The van der Waals surface area contributed by atoms with E-state index >= 15 is 0 Å². The highest BCUT2D eigenvalue weighted by Gasteiger charge is 2.31. The molecule has 0 bridgehead atoms. The molecule has 36 heavy (non-hydrogen) atoms. The maximum Gasteiger partial charge on any atom is 0.240 e. The van der Waals surface area contributed by atoms with Crippen LogP contribution in [0.2, 0.25) is 0 Å². The Kier molecular flexibility index (Phi) is 10.2. The number of hydrogen-bond acceptors (Lipinski definition) is 8. The van der Waals surface area contributed by atoms with Crippen molar-refractivity contribution in [2.24, 2.45) is 4.99 Å². The van der Waals surface area contributed by atoms with Crippen LogP contribution in [-0.2, 0) is 14.3 Å². The Balaban J connectivity index is 0.000000538. The highest BCUT2D eigenvalue weighted by Crippen LogP contribution is 2.34. The van der Waals surface area contributed by atoms with E-state index in [0.717, 1.165) is 6.07 Å². The third-order valence-electron chi connectivity index (χ3n) is 5.56. The van der Waals surface area contributed by atoms with Gasteiger partial charge in [-0.05, 0) is 18.2 Å². The van der Waals surface area contributed by atoms with Gasteiger partial charge in [-0.25, -0.2) is 23.5 Å². The second-order valence-corrected chi connectivity index (χ2v) is 8.19. The molecule has 1 aliphatic heterocycles. The molecule has 2 unspecified atom stereocenters. The summed E-state index contributed by atoms with van der Waals surface area (Å²) in [4.78, 5) is 22.0. The van der Waals surface area contributed by atoms with Gasteiger partial charge in [0.05, 0.1) is 35.5 Å². The Morgan fingerprint density at radius 1 is 1.11 bits per heavy atom. The summed E-state index contributed by atoms with van der Waals surface area (Å²) in [5.74, 6) is -0.847. The number of nitrogens with one attached hydrogen (secondary N) is 1. The number of anilines is 2. The van der Waals surface area contributed by atoms with Crippen molar-refractivity contribution < 1.29 is 27.8 Å². The Morgan fingerprint density at radius 3 is 2.56 bits per heavy atom. The molecule has 0 radical (unpaired) electrons. The molecule has 3 aromatic rings. The van der Waals surface area contributed by atoms with Gasteiger partial charge in [-0.15, -0.1) is 0 Å². The Labute approximate surface area is 208 Å². The molecule has 0 spiro atoms. The average molecular weight is 501 g/mol. The zero-order valence-corrected chi connectivity index (χ0v) is 20.6. The predicted octanol–water partition coefficient (Wildman–Crippen LogP) is 6.00. The van der Waals surface area contributed by atoms with Crippen molar-refractivity contribution in [3.63, 3.8) is 0 Å². The van der Waals surface area contributed by atoms with Gasteiger partial charge in [0.15, 0.2) is 6.10 Å². The number of rotatable bonds is 9. The summed E-state index contributed by atoms with van der Waals surface area (Å²) in [5.41, 5.74) is 0.680. The van der Waals surface area contributed by atoms with Crippen molar-refractivity contribution in [3.8, 4) is 5.75 Å². The van der Waals surface area contributed by atoms with E-state index in [9.17, 15) is 13.6 Å². The molecule has 0 saturated carbocycles. The number of halogens is 2. The molecular weight excluding hydrogens is 470 g/mol. The van der Waals surface area contributed by atoms with Gasteiger partial charge >= 0.3 is 0 Å². The van der Waals surface area contributed by atoms with Crippen molar-refractivity contribution in [1.29, 1.82) is 0 Å². The normalized spacial score (nSPS) is 16.7. The van der Waals surface area contributed by atoms with Gasteiger partial charge in [0.25, 0.3) is 0 Å². The maximum atomic E-state index is 14.7. The summed E-state index contributed by atoms with van der Waals surface area (Å²) in [7, 11) is 1.54. The van der Waals surface area contributed by atoms with Crippen LogP contribution in [0.5, 0.6) is 5.75 Å². The molecule has 8 nitrogen and oxygen atoms in total. The largest absolute Gasteiger partial charge is 0.483 e. The number of fused-ring (bicyclic) bond motifs is 1. The zero-order valence-electron chi connectivity index (χ0n) is 20.6. The molecule has 1 N–H and O–H groups in total. The molecule has 0 aliphatic carbocycles. The standard InChI is InChI=1S/C20H16F2N4O4.C6H14/c1-28-17-7-29-8-18(17)30-16-4-11(21)2-3-14(16)26-20-19-13(22)5-12(25-10-27)6-15(19)23-9-24-20;1-3-5-6-4-2/h2-6,9,17-18H,7-8H2,1H3,(H,23,24,26);3-6H2,1-2H3. The van der Waals surface area contributed by atoms with E-state index in [4.69, 9.17) is 14.2 Å². The molecule has 2 heterocycles. The molecule has 1 aromatic heterocycles. The van der Waals surface area contributed by atoms with E-state index in [-0.39, 0.29) is 34.3 Å². The molecule has 4 rings (SSSR count).